The van der Waals surface area contributed by atoms with Gasteiger partial charge in [0.05, 0.1) is 12.9 Å². The van der Waals surface area contributed by atoms with Crippen molar-refractivity contribution in [2.75, 3.05) is 26.0 Å². The number of benzene rings is 1. The monoisotopic (exact) mass is 349 g/mol. The number of nitrogens with one attached hydrogen (secondary N) is 2. The molecule has 7 nitrogen and oxygen atoms in total. The topological polar surface area (TPSA) is 87.7 Å². The largest absolute Gasteiger partial charge is 0.497 e. The second-order valence-electron chi connectivity index (χ2n) is 5.84. The Kier molecular flexibility index (Phi) is 4.66. The van der Waals surface area contributed by atoms with Crippen LogP contribution in [0, 0.1) is 0 Å². The summed E-state index contributed by atoms with van der Waals surface area (Å²) in [6.45, 7) is 0.936. The summed E-state index contributed by atoms with van der Waals surface area (Å²) < 4.78 is 5.11. The molecule has 2 heterocycles. The van der Waals surface area contributed by atoms with E-state index in [1.165, 1.54) is 11.8 Å². The molecule has 0 aliphatic carbocycles. The lowest BCUT2D eigenvalue weighted by Gasteiger charge is -2.36. The van der Waals surface area contributed by atoms with Crippen molar-refractivity contribution in [3.05, 3.63) is 24.3 Å². The van der Waals surface area contributed by atoms with E-state index in [-0.39, 0.29) is 11.8 Å². The normalized spacial score (nSPS) is 19.1. The Morgan fingerprint density at radius 2 is 1.92 bits per heavy atom. The number of carbonyl (C=O) groups is 3. The maximum Gasteiger partial charge on any atom is 0.322 e. The number of likely N-dealkylation sites (tertiary alicyclic amines) is 1. The molecule has 4 amide bonds. The molecule has 2 fully saturated rings. The molecule has 2 aliphatic heterocycles. The molecule has 0 atom stereocenters. The van der Waals surface area contributed by atoms with Crippen molar-refractivity contribution in [2.24, 2.45) is 0 Å². The van der Waals surface area contributed by atoms with Crippen LogP contribution in [0.25, 0.3) is 0 Å². The zero-order valence-electron chi connectivity index (χ0n) is 13.3. The third-order valence-electron chi connectivity index (χ3n) is 4.41. The summed E-state index contributed by atoms with van der Waals surface area (Å²) in [5.41, 5.74) is -0.836. The van der Waals surface area contributed by atoms with E-state index in [4.69, 9.17) is 4.74 Å². The number of urea groups is 1. The Labute approximate surface area is 144 Å². The van der Waals surface area contributed by atoms with Crippen LogP contribution in [0.3, 0.4) is 0 Å². The van der Waals surface area contributed by atoms with Crippen molar-refractivity contribution in [3.8, 4) is 5.75 Å². The summed E-state index contributed by atoms with van der Waals surface area (Å²) in [4.78, 5) is 38.3. The highest BCUT2D eigenvalue weighted by atomic mass is 32.2. The van der Waals surface area contributed by atoms with E-state index in [2.05, 4.69) is 10.6 Å². The van der Waals surface area contributed by atoms with Crippen molar-refractivity contribution >= 4 is 29.6 Å². The molecular weight excluding hydrogens is 330 g/mol. The fraction of sp³-hybridized carbons (Fsp3) is 0.438. The minimum Gasteiger partial charge on any atom is -0.497 e. The predicted octanol–water partition coefficient (Wildman–Crippen LogP) is 0.988. The van der Waals surface area contributed by atoms with Crippen LogP contribution in [-0.4, -0.2) is 54.2 Å². The molecule has 2 aliphatic rings. The Hall–Kier alpha value is -2.22. The van der Waals surface area contributed by atoms with E-state index >= 15 is 0 Å². The first-order valence-electron chi connectivity index (χ1n) is 7.71. The molecule has 128 valence electrons. The van der Waals surface area contributed by atoms with Gasteiger partial charge in [-0.05, 0) is 37.1 Å². The first kappa shape index (κ1) is 16.6. The number of carbonyl (C=O) groups excluding carboxylic acids is 3. The predicted molar refractivity (Wildman–Crippen MR) is 88.9 cm³/mol. The fourth-order valence-electron chi connectivity index (χ4n) is 2.93. The molecule has 1 spiro atoms. The summed E-state index contributed by atoms with van der Waals surface area (Å²) in [5.74, 6) is 0.879. The molecule has 8 heteroatoms. The van der Waals surface area contributed by atoms with Gasteiger partial charge in [-0.25, -0.2) is 4.79 Å². The summed E-state index contributed by atoms with van der Waals surface area (Å²) >= 11 is 1.47. The van der Waals surface area contributed by atoms with Crippen LogP contribution >= 0.6 is 11.8 Å². The number of methoxy groups -OCH3 is 1. The highest BCUT2D eigenvalue weighted by molar-refractivity contribution is 8.00. The smallest absolute Gasteiger partial charge is 0.322 e. The van der Waals surface area contributed by atoms with E-state index in [0.29, 0.717) is 31.7 Å². The second-order valence-corrected chi connectivity index (χ2v) is 6.88. The molecule has 0 bridgehead atoms. The molecule has 3 rings (SSSR count). The number of ether oxygens (including phenoxy) is 1. The molecular formula is C16H19N3O4S. The number of nitrogens with zero attached hydrogens (tertiary/aromatic N) is 1. The van der Waals surface area contributed by atoms with Gasteiger partial charge < -0.3 is 15.0 Å². The molecule has 0 unspecified atom stereocenters. The number of rotatable bonds is 4. The third kappa shape index (κ3) is 3.33. The van der Waals surface area contributed by atoms with Gasteiger partial charge in [0.2, 0.25) is 5.91 Å². The molecule has 0 saturated carbocycles. The van der Waals surface area contributed by atoms with Crippen LogP contribution in [0.15, 0.2) is 29.2 Å². The molecule has 1 aromatic carbocycles. The number of amides is 4. The zero-order valence-corrected chi connectivity index (χ0v) is 14.1. The van der Waals surface area contributed by atoms with Gasteiger partial charge in [-0.2, -0.15) is 0 Å². The molecule has 1 aromatic rings. The molecule has 2 N–H and O–H groups in total. The van der Waals surface area contributed by atoms with Crippen molar-refractivity contribution in [3.63, 3.8) is 0 Å². The third-order valence-corrected chi connectivity index (χ3v) is 5.40. The zero-order chi connectivity index (χ0) is 17.2. The number of hydrogen-bond acceptors (Lipinski definition) is 5. The van der Waals surface area contributed by atoms with Crippen LogP contribution < -0.4 is 15.4 Å². The van der Waals surface area contributed by atoms with Gasteiger partial charge in [-0.3, -0.25) is 14.9 Å². The standard InChI is InChI=1S/C16H19N3O4S/c1-23-11-2-4-12(5-3-11)24-10-13(20)19-8-6-16(7-9-19)14(21)17-15(22)18-16/h2-5H,6-10H2,1H3,(H2,17,18,21,22). The summed E-state index contributed by atoms with van der Waals surface area (Å²) in [5, 5.41) is 4.96. The number of thioether (sulfide) groups is 1. The first-order chi connectivity index (χ1) is 11.5. The second kappa shape index (κ2) is 6.72. The van der Waals surface area contributed by atoms with Crippen LogP contribution in [0.1, 0.15) is 12.8 Å². The van der Waals surface area contributed by atoms with E-state index in [9.17, 15) is 14.4 Å². The highest BCUT2D eigenvalue weighted by Crippen LogP contribution is 2.27. The Bertz CT molecular complexity index is 654. The van der Waals surface area contributed by atoms with Gasteiger partial charge in [0, 0.05) is 18.0 Å². The lowest BCUT2D eigenvalue weighted by atomic mass is 9.88. The highest BCUT2D eigenvalue weighted by Gasteiger charge is 2.48. The fourth-order valence-corrected chi connectivity index (χ4v) is 3.73. The van der Waals surface area contributed by atoms with Crippen LogP contribution in [0.2, 0.25) is 0 Å². The SMILES string of the molecule is COc1ccc(SCC(=O)N2CCC3(CC2)NC(=O)NC3=O)cc1. The first-order valence-corrected chi connectivity index (χ1v) is 8.69. The average molecular weight is 349 g/mol. The molecule has 2 saturated heterocycles. The summed E-state index contributed by atoms with van der Waals surface area (Å²) in [7, 11) is 1.61. The van der Waals surface area contributed by atoms with Gasteiger partial charge in [0.1, 0.15) is 11.3 Å². The molecule has 0 aromatic heterocycles. The van der Waals surface area contributed by atoms with Crippen molar-refractivity contribution < 1.29 is 19.1 Å². The number of piperidine rings is 1. The van der Waals surface area contributed by atoms with Gasteiger partial charge in [-0.1, -0.05) is 0 Å². The van der Waals surface area contributed by atoms with E-state index < -0.39 is 11.6 Å². The van der Waals surface area contributed by atoms with Crippen molar-refractivity contribution in [2.45, 2.75) is 23.3 Å². The van der Waals surface area contributed by atoms with Gasteiger partial charge in [0.25, 0.3) is 5.91 Å². The average Bonchev–Trinajstić information content (AvgIpc) is 2.87. The Morgan fingerprint density at radius 3 is 2.46 bits per heavy atom. The molecule has 24 heavy (non-hydrogen) atoms. The van der Waals surface area contributed by atoms with Gasteiger partial charge >= 0.3 is 6.03 Å². The maximum atomic E-state index is 12.3. The quantitative estimate of drug-likeness (QED) is 0.625. The summed E-state index contributed by atoms with van der Waals surface area (Å²) in [6, 6.07) is 7.10. The van der Waals surface area contributed by atoms with Gasteiger partial charge in [0.15, 0.2) is 0 Å². The van der Waals surface area contributed by atoms with Crippen LogP contribution in [-0.2, 0) is 9.59 Å². The van der Waals surface area contributed by atoms with Crippen molar-refractivity contribution in [1.29, 1.82) is 0 Å². The number of imide groups is 1. The maximum absolute atomic E-state index is 12.3. The minimum absolute atomic E-state index is 0.0374. The number of hydrogen-bond donors (Lipinski definition) is 2. The van der Waals surface area contributed by atoms with E-state index in [1.54, 1.807) is 12.0 Å². The lowest BCUT2D eigenvalue weighted by Crippen LogP contribution is -2.56. The van der Waals surface area contributed by atoms with Crippen molar-refractivity contribution in [1.82, 2.24) is 15.5 Å². The van der Waals surface area contributed by atoms with Gasteiger partial charge in [-0.15, -0.1) is 11.8 Å². The Morgan fingerprint density at radius 1 is 1.25 bits per heavy atom. The Balaban J connectivity index is 1.50. The van der Waals surface area contributed by atoms with E-state index in [0.717, 1.165) is 10.6 Å². The van der Waals surface area contributed by atoms with E-state index in [1.807, 2.05) is 24.3 Å². The summed E-state index contributed by atoms with van der Waals surface area (Å²) in [6.07, 6.45) is 0.896. The lowest BCUT2D eigenvalue weighted by molar-refractivity contribution is -0.133. The van der Waals surface area contributed by atoms with Crippen LogP contribution in [0.5, 0.6) is 5.75 Å². The van der Waals surface area contributed by atoms with Crippen LogP contribution in [0.4, 0.5) is 4.79 Å². The molecule has 0 radical (unpaired) electrons. The minimum atomic E-state index is -0.836.